The highest BCUT2D eigenvalue weighted by molar-refractivity contribution is 6.30. The summed E-state index contributed by atoms with van der Waals surface area (Å²) in [7, 11) is 0. The molecule has 1 heterocycles. The molecule has 0 radical (unpaired) electrons. The minimum Gasteiger partial charge on any atom is -0.506 e. The van der Waals surface area contributed by atoms with Crippen LogP contribution in [0.4, 0.5) is 0 Å². The molecule has 0 spiro atoms. The monoisotopic (exact) mass is 194 g/mol. The number of hydrogen-bond acceptors (Lipinski definition) is 2. The summed E-state index contributed by atoms with van der Waals surface area (Å²) in [5, 5.41) is 10.1. The van der Waals surface area contributed by atoms with Gasteiger partial charge in [-0.2, -0.15) is 0 Å². The zero-order valence-electron chi connectivity index (χ0n) is 6.68. The number of rotatable bonds is 1. The van der Waals surface area contributed by atoms with Crippen LogP contribution in [0.5, 0.6) is 5.75 Å². The van der Waals surface area contributed by atoms with E-state index in [-0.39, 0.29) is 5.75 Å². The van der Waals surface area contributed by atoms with Crippen molar-refractivity contribution in [2.45, 2.75) is 0 Å². The zero-order chi connectivity index (χ0) is 9.26. The number of aromatic hydroxyl groups is 1. The fraction of sp³-hybridized carbons (Fsp3) is 0. The van der Waals surface area contributed by atoms with Gasteiger partial charge in [-0.15, -0.1) is 0 Å². The van der Waals surface area contributed by atoms with Crippen molar-refractivity contribution >= 4 is 11.6 Å². The van der Waals surface area contributed by atoms with Crippen LogP contribution in [-0.4, -0.2) is 14.7 Å². The van der Waals surface area contributed by atoms with Crippen LogP contribution in [0.15, 0.2) is 36.9 Å². The van der Waals surface area contributed by atoms with Crippen molar-refractivity contribution in [3.8, 4) is 11.4 Å². The first-order valence-electron chi connectivity index (χ1n) is 3.74. The molecule has 0 aliphatic carbocycles. The van der Waals surface area contributed by atoms with E-state index in [4.69, 9.17) is 11.6 Å². The quantitative estimate of drug-likeness (QED) is 0.756. The number of hydrogen-bond donors (Lipinski definition) is 1. The van der Waals surface area contributed by atoms with E-state index in [1.165, 1.54) is 0 Å². The standard InChI is InChI=1S/C9H7ClN2O/c10-7-1-2-9(13)8(5-7)12-4-3-11-6-12/h1-6,13H. The molecule has 1 N–H and O–H groups in total. The maximum atomic E-state index is 9.50. The Balaban J connectivity index is 2.57. The van der Waals surface area contributed by atoms with Crippen LogP contribution < -0.4 is 0 Å². The topological polar surface area (TPSA) is 38.0 Å². The number of phenolic OH excluding ortho intramolecular Hbond substituents is 1. The first kappa shape index (κ1) is 8.13. The molecular formula is C9H7ClN2O. The minimum absolute atomic E-state index is 0.183. The molecule has 1 aromatic carbocycles. The Morgan fingerprint density at radius 3 is 2.92 bits per heavy atom. The van der Waals surface area contributed by atoms with Crippen molar-refractivity contribution < 1.29 is 5.11 Å². The molecule has 2 aromatic rings. The number of nitrogens with zero attached hydrogens (tertiary/aromatic N) is 2. The lowest BCUT2D eigenvalue weighted by Crippen LogP contribution is -1.89. The number of halogens is 1. The van der Waals surface area contributed by atoms with Gasteiger partial charge >= 0.3 is 0 Å². The van der Waals surface area contributed by atoms with Gasteiger partial charge in [-0.3, -0.25) is 0 Å². The van der Waals surface area contributed by atoms with E-state index in [9.17, 15) is 5.11 Å². The van der Waals surface area contributed by atoms with Crippen molar-refractivity contribution in [2.24, 2.45) is 0 Å². The molecule has 0 aliphatic heterocycles. The number of imidazole rings is 1. The summed E-state index contributed by atoms with van der Waals surface area (Å²) in [5.74, 6) is 0.183. The van der Waals surface area contributed by atoms with E-state index in [0.29, 0.717) is 10.7 Å². The predicted molar refractivity (Wildman–Crippen MR) is 50.2 cm³/mol. The average Bonchev–Trinajstić information content (AvgIpc) is 2.61. The molecular weight excluding hydrogens is 188 g/mol. The number of phenols is 1. The fourth-order valence-corrected chi connectivity index (χ4v) is 1.27. The van der Waals surface area contributed by atoms with Crippen molar-refractivity contribution in [1.82, 2.24) is 9.55 Å². The lowest BCUT2D eigenvalue weighted by Gasteiger charge is -2.04. The Morgan fingerprint density at radius 1 is 1.38 bits per heavy atom. The molecule has 0 saturated heterocycles. The second-order valence-electron chi connectivity index (χ2n) is 2.60. The van der Waals surface area contributed by atoms with Gasteiger partial charge < -0.3 is 9.67 Å². The van der Waals surface area contributed by atoms with E-state index in [0.717, 1.165) is 0 Å². The van der Waals surface area contributed by atoms with Crippen LogP contribution in [-0.2, 0) is 0 Å². The van der Waals surface area contributed by atoms with Gasteiger partial charge in [0.25, 0.3) is 0 Å². The Labute approximate surface area is 80.2 Å². The van der Waals surface area contributed by atoms with Crippen molar-refractivity contribution in [2.75, 3.05) is 0 Å². The van der Waals surface area contributed by atoms with Crippen LogP contribution in [0, 0.1) is 0 Å². The van der Waals surface area contributed by atoms with Gasteiger partial charge in [0.1, 0.15) is 5.75 Å². The summed E-state index contributed by atoms with van der Waals surface area (Å²) < 4.78 is 1.70. The second kappa shape index (κ2) is 3.11. The minimum atomic E-state index is 0.183. The molecule has 0 unspecified atom stereocenters. The summed E-state index contributed by atoms with van der Waals surface area (Å²) >= 11 is 5.79. The fourth-order valence-electron chi connectivity index (χ4n) is 1.11. The molecule has 0 atom stereocenters. The van der Waals surface area contributed by atoms with Crippen LogP contribution in [0.3, 0.4) is 0 Å². The van der Waals surface area contributed by atoms with E-state index in [1.807, 2.05) is 0 Å². The highest BCUT2D eigenvalue weighted by atomic mass is 35.5. The molecule has 3 nitrogen and oxygen atoms in total. The first-order chi connectivity index (χ1) is 6.27. The normalized spacial score (nSPS) is 10.2. The SMILES string of the molecule is Oc1ccc(Cl)cc1-n1ccnc1. The maximum Gasteiger partial charge on any atom is 0.139 e. The van der Waals surface area contributed by atoms with Gasteiger partial charge in [-0.25, -0.2) is 4.98 Å². The maximum absolute atomic E-state index is 9.50. The summed E-state index contributed by atoms with van der Waals surface area (Å²) in [4.78, 5) is 3.88. The largest absolute Gasteiger partial charge is 0.506 e. The molecule has 66 valence electrons. The van der Waals surface area contributed by atoms with Gasteiger partial charge in [0, 0.05) is 17.4 Å². The molecule has 13 heavy (non-hydrogen) atoms. The van der Waals surface area contributed by atoms with Crippen LogP contribution in [0.2, 0.25) is 5.02 Å². The van der Waals surface area contributed by atoms with Crippen LogP contribution in [0.25, 0.3) is 5.69 Å². The molecule has 0 aliphatic rings. The molecule has 1 aromatic heterocycles. The third-order valence-corrected chi connectivity index (χ3v) is 1.96. The zero-order valence-corrected chi connectivity index (χ0v) is 7.44. The lowest BCUT2D eigenvalue weighted by molar-refractivity contribution is 0.472. The number of benzene rings is 1. The van der Waals surface area contributed by atoms with Gasteiger partial charge in [0.2, 0.25) is 0 Å². The molecule has 0 bridgehead atoms. The highest BCUT2D eigenvalue weighted by Gasteiger charge is 2.02. The third kappa shape index (κ3) is 1.51. The molecule has 0 saturated carbocycles. The van der Waals surface area contributed by atoms with E-state index in [1.54, 1.807) is 41.5 Å². The molecule has 2 rings (SSSR count). The Morgan fingerprint density at radius 2 is 2.23 bits per heavy atom. The summed E-state index contributed by atoms with van der Waals surface area (Å²) in [6.45, 7) is 0. The van der Waals surface area contributed by atoms with Gasteiger partial charge in [0.05, 0.1) is 12.0 Å². The number of aromatic nitrogens is 2. The Bertz CT molecular complexity index is 412. The molecule has 4 heteroatoms. The van der Waals surface area contributed by atoms with Crippen molar-refractivity contribution in [1.29, 1.82) is 0 Å². The second-order valence-corrected chi connectivity index (χ2v) is 3.04. The van der Waals surface area contributed by atoms with Crippen LogP contribution >= 0.6 is 11.6 Å². The van der Waals surface area contributed by atoms with Crippen molar-refractivity contribution in [3.05, 3.63) is 41.9 Å². The van der Waals surface area contributed by atoms with Gasteiger partial charge in [0.15, 0.2) is 0 Å². The van der Waals surface area contributed by atoms with E-state index < -0.39 is 0 Å². The highest BCUT2D eigenvalue weighted by Crippen LogP contribution is 2.24. The molecule has 0 fully saturated rings. The summed E-state index contributed by atoms with van der Waals surface area (Å²) in [6.07, 6.45) is 4.98. The van der Waals surface area contributed by atoms with Gasteiger partial charge in [-0.1, -0.05) is 11.6 Å². The van der Waals surface area contributed by atoms with Crippen molar-refractivity contribution in [3.63, 3.8) is 0 Å². The first-order valence-corrected chi connectivity index (χ1v) is 4.12. The summed E-state index contributed by atoms with van der Waals surface area (Å²) in [5.41, 5.74) is 0.630. The smallest absolute Gasteiger partial charge is 0.139 e. The van der Waals surface area contributed by atoms with E-state index in [2.05, 4.69) is 4.98 Å². The Hall–Kier alpha value is -1.48. The van der Waals surface area contributed by atoms with Crippen LogP contribution in [0.1, 0.15) is 0 Å². The van der Waals surface area contributed by atoms with Gasteiger partial charge in [-0.05, 0) is 18.2 Å². The van der Waals surface area contributed by atoms with E-state index >= 15 is 0 Å². The third-order valence-electron chi connectivity index (χ3n) is 1.72. The summed E-state index contributed by atoms with van der Waals surface area (Å²) in [6, 6.07) is 4.87. The lowest BCUT2D eigenvalue weighted by atomic mass is 10.3. The average molecular weight is 195 g/mol. The Kier molecular flexibility index (Phi) is 1.94. The predicted octanol–water partition coefficient (Wildman–Crippen LogP) is 2.23. The molecule has 0 amide bonds.